The van der Waals surface area contributed by atoms with Crippen LogP contribution < -0.4 is 10.6 Å². The smallest absolute Gasteiger partial charge is 0.237 e. The van der Waals surface area contributed by atoms with Crippen LogP contribution in [0, 0.1) is 0 Å². The van der Waals surface area contributed by atoms with Crippen molar-refractivity contribution < 1.29 is 4.79 Å². The van der Waals surface area contributed by atoms with E-state index in [1.807, 2.05) is 18.5 Å². The molecule has 1 fully saturated rings. The van der Waals surface area contributed by atoms with Crippen LogP contribution in [0.1, 0.15) is 38.1 Å². The lowest BCUT2D eigenvalue weighted by atomic mass is 10.0. The molecule has 1 amide bonds. The molecular formula is C11H19N5O. The molecule has 1 aliphatic heterocycles. The minimum absolute atomic E-state index is 0.0557. The Bertz CT molecular complexity index is 383. The zero-order valence-corrected chi connectivity index (χ0v) is 10.3. The second-order valence-electron chi connectivity index (χ2n) is 4.53. The van der Waals surface area contributed by atoms with E-state index in [1.165, 1.54) is 0 Å². The summed E-state index contributed by atoms with van der Waals surface area (Å²) >= 11 is 0. The molecule has 1 saturated heterocycles. The third kappa shape index (κ3) is 2.82. The van der Waals surface area contributed by atoms with Gasteiger partial charge in [-0.05, 0) is 26.3 Å². The first-order chi connectivity index (χ1) is 8.18. The molecule has 0 saturated carbocycles. The molecule has 1 aromatic heterocycles. The van der Waals surface area contributed by atoms with E-state index < -0.39 is 0 Å². The fourth-order valence-corrected chi connectivity index (χ4v) is 2.14. The van der Waals surface area contributed by atoms with E-state index in [9.17, 15) is 4.79 Å². The van der Waals surface area contributed by atoms with Crippen LogP contribution in [0.15, 0.2) is 6.33 Å². The maximum Gasteiger partial charge on any atom is 0.237 e. The second-order valence-corrected chi connectivity index (χ2v) is 4.53. The van der Waals surface area contributed by atoms with E-state index in [4.69, 9.17) is 0 Å². The maximum atomic E-state index is 12.0. The number of rotatable bonds is 3. The summed E-state index contributed by atoms with van der Waals surface area (Å²) in [6, 6.07) is -0.168. The number of carbonyl (C=O) groups is 1. The van der Waals surface area contributed by atoms with Crippen molar-refractivity contribution in [1.29, 1.82) is 0 Å². The van der Waals surface area contributed by atoms with Crippen LogP contribution in [0.5, 0.6) is 0 Å². The Morgan fingerprint density at radius 2 is 2.47 bits per heavy atom. The van der Waals surface area contributed by atoms with Gasteiger partial charge in [-0.25, -0.2) is 0 Å². The lowest BCUT2D eigenvalue weighted by molar-refractivity contribution is -0.124. The summed E-state index contributed by atoms with van der Waals surface area (Å²) in [6.45, 7) is 2.85. The largest absolute Gasteiger partial charge is 0.345 e. The lowest BCUT2D eigenvalue weighted by Gasteiger charge is -2.24. The highest BCUT2D eigenvalue weighted by molar-refractivity contribution is 5.82. The molecule has 2 rings (SSSR count). The maximum absolute atomic E-state index is 12.0. The Morgan fingerprint density at radius 3 is 3.06 bits per heavy atom. The van der Waals surface area contributed by atoms with Gasteiger partial charge < -0.3 is 15.2 Å². The van der Waals surface area contributed by atoms with Crippen LogP contribution in [0.25, 0.3) is 0 Å². The first kappa shape index (κ1) is 12.0. The molecule has 2 N–H and O–H groups in total. The molecule has 0 aliphatic carbocycles. The van der Waals surface area contributed by atoms with E-state index >= 15 is 0 Å². The molecule has 0 radical (unpaired) electrons. The van der Waals surface area contributed by atoms with Crippen LogP contribution in [0.4, 0.5) is 0 Å². The van der Waals surface area contributed by atoms with Gasteiger partial charge in [-0.2, -0.15) is 0 Å². The zero-order valence-electron chi connectivity index (χ0n) is 10.3. The Hall–Kier alpha value is -1.43. The summed E-state index contributed by atoms with van der Waals surface area (Å²) in [5.41, 5.74) is 0. The Kier molecular flexibility index (Phi) is 3.73. The SMILES string of the molecule is CC(NC(=O)C1CCCCN1)c1nncn1C. The molecule has 1 aliphatic rings. The van der Waals surface area contributed by atoms with Gasteiger partial charge in [0, 0.05) is 7.05 Å². The first-order valence-corrected chi connectivity index (χ1v) is 6.06. The van der Waals surface area contributed by atoms with Crippen molar-refractivity contribution in [2.45, 2.75) is 38.3 Å². The molecule has 17 heavy (non-hydrogen) atoms. The minimum Gasteiger partial charge on any atom is -0.345 e. The molecule has 1 aromatic rings. The second kappa shape index (κ2) is 5.27. The van der Waals surface area contributed by atoms with Gasteiger partial charge >= 0.3 is 0 Å². The Morgan fingerprint density at radius 1 is 1.65 bits per heavy atom. The van der Waals surface area contributed by atoms with Crippen molar-refractivity contribution in [1.82, 2.24) is 25.4 Å². The van der Waals surface area contributed by atoms with Crippen molar-refractivity contribution in [3.05, 3.63) is 12.2 Å². The highest BCUT2D eigenvalue weighted by Crippen LogP contribution is 2.11. The number of hydrogen-bond donors (Lipinski definition) is 2. The molecular weight excluding hydrogens is 218 g/mol. The minimum atomic E-state index is -0.112. The van der Waals surface area contributed by atoms with Crippen molar-refractivity contribution >= 4 is 5.91 Å². The molecule has 6 nitrogen and oxygen atoms in total. The predicted molar refractivity (Wildman–Crippen MR) is 63.2 cm³/mol. The highest BCUT2D eigenvalue weighted by Gasteiger charge is 2.23. The molecule has 2 heterocycles. The average molecular weight is 237 g/mol. The van der Waals surface area contributed by atoms with Crippen molar-refractivity contribution in [2.24, 2.45) is 7.05 Å². The number of nitrogens with zero attached hydrogens (tertiary/aromatic N) is 3. The third-order valence-corrected chi connectivity index (χ3v) is 3.12. The van der Waals surface area contributed by atoms with E-state index in [0.717, 1.165) is 31.6 Å². The number of amides is 1. The summed E-state index contributed by atoms with van der Waals surface area (Å²) in [4.78, 5) is 12.0. The molecule has 6 heteroatoms. The number of carbonyl (C=O) groups excluding carboxylic acids is 1. The van der Waals surface area contributed by atoms with Gasteiger partial charge in [0.25, 0.3) is 0 Å². The van der Waals surface area contributed by atoms with Crippen LogP contribution in [-0.4, -0.2) is 33.3 Å². The topological polar surface area (TPSA) is 71.8 Å². The van der Waals surface area contributed by atoms with E-state index in [0.29, 0.717) is 0 Å². The van der Waals surface area contributed by atoms with Gasteiger partial charge in [0.05, 0.1) is 12.1 Å². The zero-order chi connectivity index (χ0) is 12.3. The van der Waals surface area contributed by atoms with Gasteiger partial charge in [0.2, 0.25) is 5.91 Å². The summed E-state index contributed by atoms with van der Waals surface area (Å²) in [7, 11) is 1.87. The fourth-order valence-electron chi connectivity index (χ4n) is 2.14. The predicted octanol–water partition coefficient (Wildman–Crippen LogP) is 0.134. The van der Waals surface area contributed by atoms with E-state index in [1.54, 1.807) is 6.33 Å². The van der Waals surface area contributed by atoms with Crippen molar-refractivity contribution in [3.8, 4) is 0 Å². The lowest BCUT2D eigenvalue weighted by Crippen LogP contribution is -2.47. The summed E-state index contributed by atoms with van der Waals surface area (Å²) in [5, 5.41) is 14.0. The molecule has 2 atom stereocenters. The number of aromatic nitrogens is 3. The van der Waals surface area contributed by atoms with E-state index in [2.05, 4.69) is 20.8 Å². The van der Waals surface area contributed by atoms with E-state index in [-0.39, 0.29) is 18.0 Å². The standard InChI is InChI=1S/C11H19N5O/c1-8(10-15-13-7-16(10)2)14-11(17)9-5-3-4-6-12-9/h7-9,12H,3-6H2,1-2H3,(H,14,17). The van der Waals surface area contributed by atoms with Crippen LogP contribution >= 0.6 is 0 Å². The average Bonchev–Trinajstić information content (AvgIpc) is 2.76. The Labute approximate surface area is 101 Å². The Balaban J connectivity index is 1.92. The van der Waals surface area contributed by atoms with Crippen LogP contribution in [-0.2, 0) is 11.8 Å². The molecule has 2 unspecified atom stereocenters. The van der Waals surface area contributed by atoms with Crippen LogP contribution in [0.3, 0.4) is 0 Å². The summed E-state index contributed by atoms with van der Waals surface area (Å²) in [6.07, 6.45) is 4.82. The highest BCUT2D eigenvalue weighted by atomic mass is 16.2. The van der Waals surface area contributed by atoms with Gasteiger partial charge in [-0.1, -0.05) is 6.42 Å². The molecule has 0 spiro atoms. The molecule has 0 bridgehead atoms. The number of nitrogens with one attached hydrogen (secondary N) is 2. The first-order valence-electron chi connectivity index (χ1n) is 6.06. The van der Waals surface area contributed by atoms with Crippen LogP contribution in [0.2, 0.25) is 0 Å². The summed E-state index contributed by atoms with van der Waals surface area (Å²) < 4.78 is 1.82. The number of piperidine rings is 1. The molecule has 94 valence electrons. The van der Waals surface area contributed by atoms with Gasteiger partial charge in [-0.15, -0.1) is 10.2 Å². The monoisotopic (exact) mass is 237 g/mol. The third-order valence-electron chi connectivity index (χ3n) is 3.12. The quantitative estimate of drug-likeness (QED) is 0.784. The normalized spacial score (nSPS) is 22.1. The fraction of sp³-hybridized carbons (Fsp3) is 0.727. The van der Waals surface area contributed by atoms with Gasteiger partial charge in [0.1, 0.15) is 6.33 Å². The van der Waals surface area contributed by atoms with Crippen molar-refractivity contribution in [3.63, 3.8) is 0 Å². The summed E-state index contributed by atoms with van der Waals surface area (Å²) in [5.74, 6) is 0.828. The molecule has 0 aromatic carbocycles. The van der Waals surface area contributed by atoms with Crippen molar-refractivity contribution in [2.75, 3.05) is 6.54 Å². The van der Waals surface area contributed by atoms with Gasteiger partial charge in [-0.3, -0.25) is 4.79 Å². The number of aryl methyl sites for hydroxylation is 1. The number of hydrogen-bond acceptors (Lipinski definition) is 4. The van der Waals surface area contributed by atoms with Gasteiger partial charge in [0.15, 0.2) is 5.82 Å².